The molecule has 0 aliphatic heterocycles. The molecule has 2 aromatic rings. The van der Waals surface area contributed by atoms with E-state index in [2.05, 4.69) is 5.16 Å². The monoisotopic (exact) mass is 268 g/mol. The number of rotatable bonds is 5. The second-order valence-electron chi connectivity index (χ2n) is 4.14. The first-order chi connectivity index (χ1) is 9.10. The maximum atomic E-state index is 13.7. The highest BCUT2D eigenvalue weighted by Crippen LogP contribution is 2.24. The molecule has 0 spiro atoms. The summed E-state index contributed by atoms with van der Waals surface area (Å²) in [6.07, 6.45) is 0.413. The molecule has 0 saturated heterocycles. The second kappa shape index (κ2) is 5.79. The van der Waals surface area contributed by atoms with Gasteiger partial charge >= 0.3 is 0 Å². The zero-order valence-corrected chi connectivity index (χ0v) is 10.5. The van der Waals surface area contributed by atoms with Gasteiger partial charge < -0.3 is 15.0 Å². The van der Waals surface area contributed by atoms with Gasteiger partial charge in [0.25, 0.3) is 0 Å². The summed E-state index contributed by atoms with van der Waals surface area (Å²) in [4.78, 5) is 0. The molecule has 0 aliphatic rings. The summed E-state index contributed by atoms with van der Waals surface area (Å²) >= 11 is 0. The lowest BCUT2D eigenvalue weighted by atomic mass is 10.1. The molecule has 0 aliphatic carbocycles. The summed E-state index contributed by atoms with van der Waals surface area (Å²) < 4.78 is 37.3. The number of nitrogens with two attached hydrogens (primary N) is 1. The van der Waals surface area contributed by atoms with Gasteiger partial charge in [-0.25, -0.2) is 8.78 Å². The van der Waals surface area contributed by atoms with E-state index in [1.54, 1.807) is 13.0 Å². The molecule has 2 N–H and O–H groups in total. The first-order valence-electron chi connectivity index (χ1n) is 5.83. The maximum Gasteiger partial charge on any atom is 0.191 e. The SMILES string of the molecule is Cc1cc(COc2c(F)cc(CCN)cc2F)no1. The van der Waals surface area contributed by atoms with Crippen LogP contribution in [0.4, 0.5) is 8.78 Å². The fraction of sp³-hybridized carbons (Fsp3) is 0.308. The van der Waals surface area contributed by atoms with E-state index in [4.69, 9.17) is 15.0 Å². The first kappa shape index (κ1) is 13.5. The van der Waals surface area contributed by atoms with Crippen molar-refractivity contribution in [2.75, 3.05) is 6.54 Å². The minimum atomic E-state index is -0.747. The van der Waals surface area contributed by atoms with Crippen LogP contribution < -0.4 is 10.5 Å². The first-order valence-corrected chi connectivity index (χ1v) is 5.83. The molecular weight excluding hydrogens is 254 g/mol. The molecule has 0 radical (unpaired) electrons. The van der Waals surface area contributed by atoms with Gasteiger partial charge in [-0.1, -0.05) is 5.16 Å². The molecule has 1 aromatic heterocycles. The van der Waals surface area contributed by atoms with Gasteiger partial charge in [-0.2, -0.15) is 0 Å². The van der Waals surface area contributed by atoms with Crippen molar-refractivity contribution in [3.05, 3.63) is 46.9 Å². The van der Waals surface area contributed by atoms with E-state index in [1.165, 1.54) is 12.1 Å². The molecule has 0 fully saturated rings. The van der Waals surface area contributed by atoms with E-state index in [9.17, 15) is 8.78 Å². The van der Waals surface area contributed by atoms with Crippen LogP contribution in [0.1, 0.15) is 17.0 Å². The molecular formula is C13H14F2N2O2. The minimum absolute atomic E-state index is 0.0542. The Labute approximate surface area is 109 Å². The number of halogens is 2. The van der Waals surface area contributed by atoms with Crippen LogP contribution in [0.2, 0.25) is 0 Å². The molecule has 102 valence electrons. The standard InChI is InChI=1S/C13H14F2N2O2/c1-8-4-10(17-19-8)7-18-13-11(14)5-9(2-3-16)6-12(13)15/h4-6H,2-3,7,16H2,1H3. The summed E-state index contributed by atoms with van der Waals surface area (Å²) in [7, 11) is 0. The minimum Gasteiger partial charge on any atom is -0.481 e. The van der Waals surface area contributed by atoms with Crippen LogP contribution in [0.3, 0.4) is 0 Å². The van der Waals surface area contributed by atoms with Gasteiger partial charge in [0.05, 0.1) is 0 Å². The third kappa shape index (κ3) is 3.29. The quantitative estimate of drug-likeness (QED) is 0.904. The van der Waals surface area contributed by atoms with Crippen molar-refractivity contribution in [2.45, 2.75) is 20.0 Å². The molecule has 2 rings (SSSR count). The number of aromatic nitrogens is 1. The highest BCUT2D eigenvalue weighted by atomic mass is 19.1. The fourth-order valence-corrected chi connectivity index (χ4v) is 1.69. The summed E-state index contributed by atoms with van der Waals surface area (Å²) in [6, 6.07) is 4.08. The van der Waals surface area contributed by atoms with Crippen LogP contribution in [0.25, 0.3) is 0 Å². The molecule has 0 unspecified atom stereocenters. The normalized spacial score (nSPS) is 10.7. The van der Waals surface area contributed by atoms with Crippen molar-refractivity contribution in [1.29, 1.82) is 0 Å². The van der Waals surface area contributed by atoms with Gasteiger partial charge in [0, 0.05) is 6.07 Å². The van der Waals surface area contributed by atoms with Crippen molar-refractivity contribution in [1.82, 2.24) is 5.16 Å². The van der Waals surface area contributed by atoms with Crippen LogP contribution >= 0.6 is 0 Å². The predicted molar refractivity (Wildman–Crippen MR) is 64.7 cm³/mol. The molecule has 19 heavy (non-hydrogen) atoms. The Bertz CT molecular complexity index is 547. The van der Waals surface area contributed by atoms with Crippen LogP contribution in [-0.4, -0.2) is 11.7 Å². The van der Waals surface area contributed by atoms with E-state index < -0.39 is 17.4 Å². The summed E-state index contributed by atoms with van der Waals surface area (Å²) in [5.74, 6) is -1.30. The van der Waals surface area contributed by atoms with Gasteiger partial charge in [0.2, 0.25) is 0 Å². The summed E-state index contributed by atoms with van der Waals surface area (Å²) in [5, 5.41) is 3.68. The van der Waals surface area contributed by atoms with Crippen LogP contribution in [0.15, 0.2) is 22.7 Å². The molecule has 0 saturated carbocycles. The average molecular weight is 268 g/mol. The molecule has 6 heteroatoms. The van der Waals surface area contributed by atoms with E-state index in [1.807, 2.05) is 0 Å². The van der Waals surface area contributed by atoms with E-state index in [0.29, 0.717) is 30.0 Å². The second-order valence-corrected chi connectivity index (χ2v) is 4.14. The number of ether oxygens (including phenoxy) is 1. The Morgan fingerprint density at radius 1 is 1.26 bits per heavy atom. The third-order valence-corrected chi connectivity index (χ3v) is 2.53. The predicted octanol–water partition coefficient (Wildman–Crippen LogP) is 2.34. The maximum absolute atomic E-state index is 13.7. The third-order valence-electron chi connectivity index (χ3n) is 2.53. The Balaban J connectivity index is 2.11. The topological polar surface area (TPSA) is 61.3 Å². The lowest BCUT2D eigenvalue weighted by Gasteiger charge is -2.08. The summed E-state index contributed by atoms with van der Waals surface area (Å²) in [5.41, 5.74) is 6.32. The number of hydrogen-bond acceptors (Lipinski definition) is 4. The molecule has 0 amide bonds. The van der Waals surface area contributed by atoms with Gasteiger partial charge in [-0.3, -0.25) is 0 Å². The van der Waals surface area contributed by atoms with Gasteiger partial charge in [-0.05, 0) is 37.6 Å². The smallest absolute Gasteiger partial charge is 0.191 e. The zero-order chi connectivity index (χ0) is 13.8. The number of aryl methyl sites for hydroxylation is 1. The van der Waals surface area contributed by atoms with Crippen molar-refractivity contribution in [2.24, 2.45) is 5.73 Å². The van der Waals surface area contributed by atoms with E-state index in [0.717, 1.165) is 0 Å². The van der Waals surface area contributed by atoms with Crippen molar-refractivity contribution in [3.63, 3.8) is 0 Å². The fourth-order valence-electron chi connectivity index (χ4n) is 1.69. The van der Waals surface area contributed by atoms with Crippen molar-refractivity contribution in [3.8, 4) is 5.75 Å². The average Bonchev–Trinajstić information content (AvgIpc) is 2.74. The van der Waals surface area contributed by atoms with Gasteiger partial charge in [0.1, 0.15) is 18.1 Å². The molecule has 1 heterocycles. The zero-order valence-electron chi connectivity index (χ0n) is 10.5. The number of nitrogens with zero attached hydrogens (tertiary/aromatic N) is 1. The highest BCUT2D eigenvalue weighted by molar-refractivity contribution is 5.31. The molecule has 4 nitrogen and oxygen atoms in total. The van der Waals surface area contributed by atoms with Crippen LogP contribution in [0.5, 0.6) is 5.75 Å². The molecule has 1 aromatic carbocycles. The molecule has 0 atom stereocenters. The van der Waals surface area contributed by atoms with Crippen molar-refractivity contribution < 1.29 is 18.0 Å². The number of benzene rings is 1. The van der Waals surface area contributed by atoms with E-state index in [-0.39, 0.29) is 6.61 Å². The van der Waals surface area contributed by atoms with Gasteiger partial charge in [0.15, 0.2) is 17.4 Å². The highest BCUT2D eigenvalue weighted by Gasteiger charge is 2.13. The summed E-state index contributed by atoms with van der Waals surface area (Å²) in [6.45, 7) is 2.00. The Morgan fingerprint density at radius 2 is 1.95 bits per heavy atom. The van der Waals surface area contributed by atoms with Crippen LogP contribution in [-0.2, 0) is 13.0 Å². The van der Waals surface area contributed by atoms with E-state index >= 15 is 0 Å². The largest absolute Gasteiger partial charge is 0.481 e. The number of hydrogen-bond donors (Lipinski definition) is 1. The van der Waals surface area contributed by atoms with Crippen LogP contribution in [0, 0.1) is 18.6 Å². The van der Waals surface area contributed by atoms with Gasteiger partial charge in [-0.15, -0.1) is 0 Å². The lowest BCUT2D eigenvalue weighted by molar-refractivity contribution is 0.261. The Kier molecular flexibility index (Phi) is 4.11. The molecule has 0 bridgehead atoms. The lowest BCUT2D eigenvalue weighted by Crippen LogP contribution is -2.05. The Hall–Kier alpha value is -1.95. The Morgan fingerprint density at radius 3 is 2.47 bits per heavy atom. The van der Waals surface area contributed by atoms with Crippen molar-refractivity contribution >= 4 is 0 Å².